The van der Waals surface area contributed by atoms with E-state index in [9.17, 15) is 13.2 Å². The number of rotatable bonds is 3. The van der Waals surface area contributed by atoms with Gasteiger partial charge in [-0.2, -0.15) is 8.42 Å². The molecule has 1 aromatic carbocycles. The third-order valence-electron chi connectivity index (χ3n) is 6.42. The Labute approximate surface area is 141 Å². The lowest BCUT2D eigenvalue weighted by atomic mass is 9.63. The number of carbonyl (C=O) groups excluding carboxylic acids is 1. The van der Waals surface area contributed by atoms with E-state index in [1.165, 1.54) is 0 Å². The monoisotopic (exact) mass is 348 g/mol. The quantitative estimate of drug-likeness (QED) is 0.782. The van der Waals surface area contributed by atoms with E-state index in [2.05, 4.69) is 0 Å². The predicted molar refractivity (Wildman–Crippen MR) is 84.7 cm³/mol. The molecule has 3 saturated carbocycles. The van der Waals surface area contributed by atoms with E-state index in [0.29, 0.717) is 6.42 Å². The van der Waals surface area contributed by atoms with Gasteiger partial charge in [-0.1, -0.05) is 17.7 Å². The highest BCUT2D eigenvalue weighted by atomic mass is 32.2. The molecule has 2 aliphatic heterocycles. The van der Waals surface area contributed by atoms with E-state index < -0.39 is 16.2 Å². The Kier molecular flexibility index (Phi) is 3.07. The topological polar surface area (TPSA) is 69.7 Å². The number of Topliss-reactive ketones (excluding diaryl/α,β-unsaturated/α-hetero) is 1. The third kappa shape index (κ3) is 1.93. The van der Waals surface area contributed by atoms with Crippen molar-refractivity contribution < 1.29 is 22.1 Å². The van der Waals surface area contributed by atoms with Crippen LogP contribution in [0.15, 0.2) is 29.2 Å². The van der Waals surface area contributed by atoms with Crippen molar-refractivity contribution in [2.45, 2.75) is 49.4 Å². The van der Waals surface area contributed by atoms with Crippen LogP contribution < -0.4 is 0 Å². The zero-order chi connectivity index (χ0) is 16.6. The summed E-state index contributed by atoms with van der Waals surface area (Å²) in [6.45, 7) is 1.91. The molecular weight excluding hydrogens is 328 g/mol. The summed E-state index contributed by atoms with van der Waals surface area (Å²) in [7, 11) is -3.82. The SMILES string of the molecule is Cc1ccc(S(=O)(=O)OC2CCC3C4CC5OC3C2C5C4=O)cc1. The smallest absolute Gasteiger partial charge is 0.297 e. The van der Waals surface area contributed by atoms with Gasteiger partial charge in [0.1, 0.15) is 5.78 Å². The highest BCUT2D eigenvalue weighted by Crippen LogP contribution is 2.60. The van der Waals surface area contributed by atoms with Gasteiger partial charge < -0.3 is 4.74 Å². The minimum atomic E-state index is -3.82. The molecule has 0 amide bonds. The van der Waals surface area contributed by atoms with E-state index in [1.807, 2.05) is 6.92 Å². The average Bonchev–Trinajstić information content (AvgIpc) is 3.00. The van der Waals surface area contributed by atoms with E-state index in [-0.39, 0.29) is 46.6 Å². The zero-order valence-electron chi connectivity index (χ0n) is 13.4. The van der Waals surface area contributed by atoms with Gasteiger partial charge in [0, 0.05) is 11.8 Å². The van der Waals surface area contributed by atoms with Crippen LogP contribution in [0.3, 0.4) is 0 Å². The highest BCUT2D eigenvalue weighted by molar-refractivity contribution is 7.86. The lowest BCUT2D eigenvalue weighted by Crippen LogP contribution is -2.52. The molecule has 6 heteroatoms. The maximum absolute atomic E-state index is 12.6. The molecule has 0 aromatic heterocycles. The van der Waals surface area contributed by atoms with Crippen LogP contribution in [0.5, 0.6) is 0 Å². The van der Waals surface area contributed by atoms with E-state index in [0.717, 1.165) is 18.4 Å². The first-order chi connectivity index (χ1) is 11.5. The Morgan fingerprint density at radius 3 is 2.67 bits per heavy atom. The fourth-order valence-corrected chi connectivity index (χ4v) is 6.54. The summed E-state index contributed by atoms with van der Waals surface area (Å²) in [6, 6.07) is 6.67. The predicted octanol–water partition coefficient (Wildman–Crippen LogP) is 2.08. The Morgan fingerprint density at radius 2 is 1.92 bits per heavy atom. The van der Waals surface area contributed by atoms with E-state index in [4.69, 9.17) is 8.92 Å². The van der Waals surface area contributed by atoms with Crippen molar-refractivity contribution in [2.24, 2.45) is 23.7 Å². The highest BCUT2D eigenvalue weighted by Gasteiger charge is 2.68. The van der Waals surface area contributed by atoms with Crippen LogP contribution in [0.25, 0.3) is 0 Å². The second-order valence-electron chi connectivity index (χ2n) is 7.63. The van der Waals surface area contributed by atoms with Gasteiger partial charge in [-0.25, -0.2) is 0 Å². The van der Waals surface area contributed by atoms with Crippen LogP contribution in [0.2, 0.25) is 0 Å². The first kappa shape index (κ1) is 15.0. The van der Waals surface area contributed by atoms with Crippen molar-refractivity contribution in [2.75, 3.05) is 0 Å². The van der Waals surface area contributed by atoms with Gasteiger partial charge in [0.2, 0.25) is 0 Å². The normalized spacial score (nSPS) is 42.7. The zero-order valence-corrected chi connectivity index (χ0v) is 14.2. The molecule has 5 fully saturated rings. The molecule has 6 rings (SSSR count). The van der Waals surface area contributed by atoms with Crippen molar-refractivity contribution >= 4 is 15.9 Å². The molecule has 0 radical (unpaired) electrons. The number of carbonyl (C=O) groups is 1. The second kappa shape index (κ2) is 4.90. The maximum atomic E-state index is 12.6. The van der Waals surface area contributed by atoms with Gasteiger partial charge in [-0.3, -0.25) is 8.98 Å². The number of benzene rings is 1. The third-order valence-corrected chi connectivity index (χ3v) is 7.77. The average molecular weight is 348 g/mol. The van der Waals surface area contributed by atoms with Gasteiger partial charge in [0.25, 0.3) is 10.1 Å². The van der Waals surface area contributed by atoms with Crippen LogP contribution >= 0.6 is 0 Å². The molecule has 128 valence electrons. The van der Waals surface area contributed by atoms with Crippen LogP contribution in [0, 0.1) is 30.6 Å². The number of hydrogen-bond donors (Lipinski definition) is 0. The number of ether oxygens (including phenoxy) is 1. The summed E-state index contributed by atoms with van der Waals surface area (Å²) in [5.74, 6) is 0.434. The fourth-order valence-electron chi connectivity index (χ4n) is 5.41. The molecule has 5 aliphatic rings. The molecule has 7 atom stereocenters. The summed E-state index contributed by atoms with van der Waals surface area (Å²) >= 11 is 0. The number of aryl methyl sites for hydroxylation is 1. The van der Waals surface area contributed by atoms with E-state index >= 15 is 0 Å². The molecular formula is C18H20O5S. The van der Waals surface area contributed by atoms with Crippen LogP contribution in [-0.2, 0) is 23.8 Å². The Morgan fingerprint density at radius 1 is 1.17 bits per heavy atom. The van der Waals surface area contributed by atoms with Crippen molar-refractivity contribution in [3.8, 4) is 0 Å². The van der Waals surface area contributed by atoms with Crippen LogP contribution in [0.1, 0.15) is 24.8 Å². The number of ketones is 1. The molecule has 7 unspecified atom stereocenters. The molecule has 0 spiro atoms. The van der Waals surface area contributed by atoms with Crippen molar-refractivity contribution in [3.63, 3.8) is 0 Å². The summed E-state index contributed by atoms with van der Waals surface area (Å²) in [4.78, 5) is 12.7. The molecule has 0 N–H and O–H groups in total. The van der Waals surface area contributed by atoms with Gasteiger partial charge in [0.15, 0.2) is 0 Å². The Bertz CT molecular complexity index is 799. The van der Waals surface area contributed by atoms with Gasteiger partial charge in [-0.05, 0) is 44.2 Å². The van der Waals surface area contributed by atoms with Gasteiger partial charge in [0.05, 0.1) is 29.1 Å². The minimum absolute atomic E-state index is 0.00316. The van der Waals surface area contributed by atoms with Crippen molar-refractivity contribution in [3.05, 3.63) is 29.8 Å². The summed E-state index contributed by atoms with van der Waals surface area (Å²) in [5.41, 5.74) is 0.999. The van der Waals surface area contributed by atoms with Crippen molar-refractivity contribution in [1.82, 2.24) is 0 Å². The largest absolute Gasteiger partial charge is 0.373 e. The van der Waals surface area contributed by atoms with Crippen LogP contribution in [0.4, 0.5) is 0 Å². The summed E-state index contributed by atoms with van der Waals surface area (Å²) in [6.07, 6.45) is 1.86. The fraction of sp³-hybridized carbons (Fsp3) is 0.611. The Balaban J connectivity index is 1.44. The molecule has 2 saturated heterocycles. The Hall–Kier alpha value is -1.24. The molecule has 3 aliphatic carbocycles. The van der Waals surface area contributed by atoms with Crippen LogP contribution in [-0.4, -0.2) is 32.5 Å². The molecule has 1 aromatic rings. The summed E-state index contributed by atoms with van der Waals surface area (Å²) < 4.78 is 36.9. The molecule has 2 heterocycles. The van der Waals surface area contributed by atoms with E-state index in [1.54, 1.807) is 24.3 Å². The first-order valence-electron chi connectivity index (χ1n) is 8.65. The van der Waals surface area contributed by atoms with Gasteiger partial charge >= 0.3 is 0 Å². The minimum Gasteiger partial charge on any atom is -0.373 e. The number of hydrogen-bond acceptors (Lipinski definition) is 5. The lowest BCUT2D eigenvalue weighted by molar-refractivity contribution is -0.143. The summed E-state index contributed by atoms with van der Waals surface area (Å²) in [5, 5.41) is 0. The maximum Gasteiger partial charge on any atom is 0.297 e. The van der Waals surface area contributed by atoms with Gasteiger partial charge in [-0.15, -0.1) is 0 Å². The second-order valence-corrected chi connectivity index (χ2v) is 9.20. The standard InChI is InChI=1S/C18H20O5S/c1-9-2-4-10(5-3-9)24(20,21)23-13-7-6-11-12-8-14-15(17(12)19)16(13)18(11)22-14/h2-5,11-16,18H,6-8H2,1H3. The molecule has 5 nitrogen and oxygen atoms in total. The van der Waals surface area contributed by atoms with Crippen molar-refractivity contribution in [1.29, 1.82) is 0 Å². The first-order valence-corrected chi connectivity index (χ1v) is 10.1. The molecule has 24 heavy (non-hydrogen) atoms. The molecule has 6 bridgehead atoms. The lowest BCUT2D eigenvalue weighted by Gasteiger charge is -2.45.